The van der Waals surface area contributed by atoms with Crippen molar-refractivity contribution in [2.75, 3.05) is 20.3 Å². The molecule has 0 aromatic rings. The van der Waals surface area contributed by atoms with E-state index in [1.54, 1.807) is 0 Å². The number of nitrogens with one attached hydrogen (secondary N) is 2. The van der Waals surface area contributed by atoms with Gasteiger partial charge in [-0.3, -0.25) is 9.59 Å². The first-order chi connectivity index (χ1) is 25.4. The van der Waals surface area contributed by atoms with Crippen LogP contribution in [0.5, 0.6) is 0 Å². The Bertz CT molecular complexity index is 1320. The first-order valence-electron chi connectivity index (χ1n) is 16.7. The number of rotatable bonds is 13. The molecule has 4 heterocycles. The Morgan fingerprint density at radius 3 is 1.39 bits per heavy atom. The first kappa shape index (κ1) is 51.4. The van der Waals surface area contributed by atoms with Crippen LogP contribution in [0.15, 0.2) is 0 Å². The van der Waals surface area contributed by atoms with Gasteiger partial charge in [0.05, 0.1) is 37.3 Å². The third-order valence-electron chi connectivity index (χ3n) is 9.44. The van der Waals surface area contributed by atoms with Crippen molar-refractivity contribution in [3.63, 3.8) is 0 Å². The Morgan fingerprint density at radius 1 is 0.571 bits per heavy atom. The van der Waals surface area contributed by atoms with Crippen LogP contribution in [0.25, 0.3) is 0 Å². The standard InChI is InChI=1S/C30H48N2O22.2Na/c1-7-12(31-8(2)35)20(14(37)10(5-33)48-7)50-30-19(42)17(40)23(25(54-30)27(45)46)52-28-13(32-9(3)36)21(15(38)11(6-34)49-28)51-29-18(41)16(39)22(47-4)24(53-29)26(43)44;;/h7,10-25,28-30,33-34,37-42H,5-6H2,1-4H3,(H,31,35)(H,32,36)(H,43,44)(H,45,46);;/q;2*+1/p-2/t7-,10?,11?,12?,13?,14?,15?,16?,17?,18?,19?,20?,21?,22?,23?,24?,25?,28?,29?,30?;;/m1../s1. The van der Waals surface area contributed by atoms with Crippen molar-refractivity contribution in [3.8, 4) is 0 Å². The fraction of sp³-hybridized carbons (Fsp3) is 0.867. The summed E-state index contributed by atoms with van der Waals surface area (Å²) in [7, 11) is 1.02. The number of aliphatic hydroxyl groups is 8. The molecule has 20 atom stereocenters. The zero-order valence-corrected chi connectivity index (χ0v) is 35.3. The molecule has 4 rings (SSSR count). The van der Waals surface area contributed by atoms with Gasteiger partial charge in [-0.1, -0.05) is 0 Å². The summed E-state index contributed by atoms with van der Waals surface area (Å²) in [6.07, 6.45) is -33.7. The van der Waals surface area contributed by atoms with Gasteiger partial charge in [0.1, 0.15) is 91.5 Å². The number of carboxylic acids is 2. The van der Waals surface area contributed by atoms with Crippen LogP contribution in [0.1, 0.15) is 20.8 Å². The second-order valence-electron chi connectivity index (χ2n) is 13.2. The molecule has 0 aromatic carbocycles. The largest absolute Gasteiger partial charge is 1.00 e. The van der Waals surface area contributed by atoms with Gasteiger partial charge in [-0.25, -0.2) is 0 Å². The summed E-state index contributed by atoms with van der Waals surface area (Å²) in [6, 6.07) is -2.92. The van der Waals surface area contributed by atoms with Crippen LogP contribution in [0.4, 0.5) is 0 Å². The third-order valence-corrected chi connectivity index (χ3v) is 9.44. The number of ether oxygens (including phenoxy) is 8. The molecule has 4 fully saturated rings. The second-order valence-corrected chi connectivity index (χ2v) is 13.2. The Balaban J connectivity index is 0.00000541. The fourth-order valence-corrected chi connectivity index (χ4v) is 6.77. The molecule has 0 spiro atoms. The molecule has 0 radical (unpaired) electrons. The maximum atomic E-state index is 12.4. The van der Waals surface area contributed by atoms with E-state index in [1.165, 1.54) is 6.92 Å². The van der Waals surface area contributed by atoms with E-state index in [-0.39, 0.29) is 59.1 Å². The maximum absolute atomic E-state index is 12.4. The minimum Gasteiger partial charge on any atom is -0.547 e. The summed E-state index contributed by atoms with van der Waals surface area (Å²) in [5.41, 5.74) is 0. The minimum atomic E-state index is -2.34. The molecule has 24 nitrogen and oxygen atoms in total. The molecule has 0 bridgehead atoms. The molecule has 10 N–H and O–H groups in total. The average Bonchev–Trinajstić information content (AvgIpc) is 3.10. The predicted molar refractivity (Wildman–Crippen MR) is 161 cm³/mol. The SMILES string of the molecule is COC1C(C(=O)[O-])OC(OC2C(O)C(CO)OC(OC3C(C(=O)[O-])OC(OC4C(O)C(CO)O[C@H](C)C4NC(C)=O)C(O)C3O)C2NC(C)=O)C(O)C1O.[Na+].[Na+]. The van der Waals surface area contributed by atoms with Crippen molar-refractivity contribution in [2.24, 2.45) is 0 Å². The van der Waals surface area contributed by atoms with Crippen molar-refractivity contribution in [1.82, 2.24) is 10.6 Å². The van der Waals surface area contributed by atoms with Crippen molar-refractivity contribution in [1.29, 1.82) is 0 Å². The topological polar surface area (TPSA) is 374 Å². The molecular weight excluding hydrogens is 786 g/mol. The normalized spacial score (nSPS) is 44.0. The van der Waals surface area contributed by atoms with E-state index in [2.05, 4.69) is 10.6 Å². The zero-order chi connectivity index (χ0) is 40.3. The van der Waals surface area contributed by atoms with Crippen molar-refractivity contribution in [2.45, 2.75) is 143 Å². The van der Waals surface area contributed by atoms with Crippen LogP contribution in [-0.2, 0) is 57.1 Å². The predicted octanol–water partition coefficient (Wildman–Crippen LogP) is -16.2. The van der Waals surface area contributed by atoms with E-state index in [4.69, 9.17) is 37.9 Å². The van der Waals surface area contributed by atoms with E-state index >= 15 is 0 Å². The van der Waals surface area contributed by atoms with Gasteiger partial charge < -0.3 is 109 Å². The van der Waals surface area contributed by atoms with Crippen LogP contribution in [0, 0.1) is 0 Å². The van der Waals surface area contributed by atoms with Gasteiger partial charge in [-0.05, 0) is 6.92 Å². The molecule has 4 saturated heterocycles. The van der Waals surface area contributed by atoms with E-state index in [0.717, 1.165) is 21.0 Å². The summed E-state index contributed by atoms with van der Waals surface area (Å²) in [5.74, 6) is -5.40. The Labute approximate surface area is 363 Å². The van der Waals surface area contributed by atoms with Gasteiger partial charge in [0.25, 0.3) is 0 Å². The third kappa shape index (κ3) is 11.3. The summed E-state index contributed by atoms with van der Waals surface area (Å²) in [4.78, 5) is 48.4. The molecule has 0 aromatic heterocycles. The van der Waals surface area contributed by atoms with Crippen LogP contribution >= 0.6 is 0 Å². The quantitative estimate of drug-likeness (QED) is 0.0770. The average molecular weight is 833 g/mol. The zero-order valence-electron chi connectivity index (χ0n) is 31.3. The Kier molecular flexibility index (Phi) is 20.4. The summed E-state index contributed by atoms with van der Waals surface area (Å²) < 4.78 is 43.8. The molecule has 4 aliphatic rings. The summed E-state index contributed by atoms with van der Waals surface area (Å²) >= 11 is 0. The van der Waals surface area contributed by atoms with Gasteiger partial charge >= 0.3 is 59.1 Å². The molecule has 310 valence electrons. The monoisotopic (exact) mass is 832 g/mol. The van der Waals surface area contributed by atoms with Crippen molar-refractivity contribution in [3.05, 3.63) is 0 Å². The number of carbonyl (C=O) groups is 4. The molecule has 0 saturated carbocycles. The molecule has 4 aliphatic heterocycles. The van der Waals surface area contributed by atoms with Gasteiger partial charge in [0, 0.05) is 21.0 Å². The molecule has 0 aliphatic carbocycles. The van der Waals surface area contributed by atoms with Crippen LogP contribution in [0.2, 0.25) is 0 Å². The van der Waals surface area contributed by atoms with Crippen LogP contribution in [-0.4, -0.2) is 207 Å². The Morgan fingerprint density at radius 2 is 0.964 bits per heavy atom. The van der Waals surface area contributed by atoms with Gasteiger partial charge in [-0.15, -0.1) is 0 Å². The van der Waals surface area contributed by atoms with E-state index in [0.29, 0.717) is 0 Å². The number of hydrogen-bond donors (Lipinski definition) is 10. The van der Waals surface area contributed by atoms with Crippen LogP contribution < -0.4 is 80.0 Å². The Hall–Kier alpha value is -0.760. The molecule has 19 unspecified atom stereocenters. The second kappa shape index (κ2) is 22.2. The van der Waals surface area contributed by atoms with Crippen LogP contribution in [0.3, 0.4) is 0 Å². The number of carbonyl (C=O) groups excluding carboxylic acids is 4. The molecule has 26 heteroatoms. The summed E-state index contributed by atoms with van der Waals surface area (Å²) in [6.45, 7) is 1.88. The number of aliphatic hydroxyl groups excluding tert-OH is 8. The number of methoxy groups -OCH3 is 1. The number of amides is 2. The number of aliphatic carboxylic acids is 2. The van der Waals surface area contributed by atoms with Gasteiger partial charge in [0.2, 0.25) is 11.8 Å². The fourth-order valence-electron chi connectivity index (χ4n) is 6.77. The van der Waals surface area contributed by atoms with E-state index in [9.17, 15) is 70.2 Å². The van der Waals surface area contributed by atoms with Crippen molar-refractivity contribution < 1.29 is 167 Å². The molecular formula is C30H46N2Na2O22. The first-order valence-corrected chi connectivity index (χ1v) is 16.7. The van der Waals surface area contributed by atoms with E-state index in [1.807, 2.05) is 0 Å². The smallest absolute Gasteiger partial charge is 0.547 e. The molecule has 2 amide bonds. The number of hydrogen-bond acceptors (Lipinski definition) is 22. The van der Waals surface area contributed by atoms with E-state index < -0.39 is 159 Å². The summed E-state index contributed by atoms with van der Waals surface area (Å²) in [5, 5.41) is 114. The van der Waals surface area contributed by atoms with Gasteiger partial charge in [-0.2, -0.15) is 0 Å². The minimum absolute atomic E-state index is 0. The molecule has 56 heavy (non-hydrogen) atoms. The maximum Gasteiger partial charge on any atom is 1.00 e. The number of carboxylic acid groups (broad SMARTS) is 2. The van der Waals surface area contributed by atoms with Crippen molar-refractivity contribution >= 4 is 23.8 Å². The van der Waals surface area contributed by atoms with Gasteiger partial charge in [0.15, 0.2) is 18.9 Å².